The fourth-order valence-corrected chi connectivity index (χ4v) is 2.40. The predicted molar refractivity (Wildman–Crippen MR) is 86.4 cm³/mol. The fraction of sp³-hybridized carbons (Fsp3) is 0.889. The Morgan fingerprint density at radius 1 is 1.05 bits per heavy atom. The van der Waals surface area contributed by atoms with Gasteiger partial charge < -0.3 is 9.47 Å². The lowest BCUT2D eigenvalue weighted by Crippen LogP contribution is -2.32. The molecular formula is C18H32O4. The molecule has 1 unspecified atom stereocenters. The SMILES string of the molecule is CC(CCC(C)(C)C(=O)OC1CCCC1)OC(=O)C(C)(C)C. The third kappa shape index (κ3) is 5.98. The zero-order valence-corrected chi connectivity index (χ0v) is 15.0. The summed E-state index contributed by atoms with van der Waals surface area (Å²) in [4.78, 5) is 24.1. The molecule has 1 atom stereocenters. The lowest BCUT2D eigenvalue weighted by molar-refractivity contribution is -0.161. The third-order valence-electron chi connectivity index (χ3n) is 4.22. The van der Waals surface area contributed by atoms with Crippen molar-refractivity contribution in [3.63, 3.8) is 0 Å². The van der Waals surface area contributed by atoms with Gasteiger partial charge in [-0.1, -0.05) is 0 Å². The van der Waals surface area contributed by atoms with Crippen LogP contribution in [0, 0.1) is 10.8 Å². The second-order valence-corrected chi connectivity index (χ2v) is 8.20. The van der Waals surface area contributed by atoms with E-state index >= 15 is 0 Å². The van der Waals surface area contributed by atoms with Crippen molar-refractivity contribution in [3.8, 4) is 0 Å². The molecule has 0 aliphatic heterocycles. The highest BCUT2D eigenvalue weighted by atomic mass is 16.5. The van der Waals surface area contributed by atoms with Gasteiger partial charge in [-0.3, -0.25) is 9.59 Å². The van der Waals surface area contributed by atoms with Crippen molar-refractivity contribution in [1.29, 1.82) is 0 Å². The summed E-state index contributed by atoms with van der Waals surface area (Å²) in [6.45, 7) is 11.2. The predicted octanol–water partition coefficient (Wildman–Crippen LogP) is 4.26. The van der Waals surface area contributed by atoms with Crippen molar-refractivity contribution in [1.82, 2.24) is 0 Å². The minimum absolute atomic E-state index is 0.0999. The minimum atomic E-state index is -0.537. The first-order valence-corrected chi connectivity index (χ1v) is 8.44. The van der Waals surface area contributed by atoms with Crippen LogP contribution in [0.5, 0.6) is 0 Å². The van der Waals surface area contributed by atoms with Gasteiger partial charge in [-0.05, 0) is 80.1 Å². The van der Waals surface area contributed by atoms with Gasteiger partial charge in [-0.2, -0.15) is 0 Å². The number of carbonyl (C=O) groups excluding carboxylic acids is 2. The maximum Gasteiger partial charge on any atom is 0.311 e. The monoisotopic (exact) mass is 312 g/mol. The van der Waals surface area contributed by atoms with Gasteiger partial charge in [0.05, 0.1) is 16.9 Å². The summed E-state index contributed by atoms with van der Waals surface area (Å²) in [5.74, 6) is -0.333. The Morgan fingerprint density at radius 3 is 2.09 bits per heavy atom. The topological polar surface area (TPSA) is 52.6 Å². The van der Waals surface area contributed by atoms with Crippen LogP contribution < -0.4 is 0 Å². The normalized spacial score (nSPS) is 18.1. The van der Waals surface area contributed by atoms with E-state index in [1.54, 1.807) is 0 Å². The van der Waals surface area contributed by atoms with Crippen molar-refractivity contribution in [2.24, 2.45) is 10.8 Å². The highest BCUT2D eigenvalue weighted by Gasteiger charge is 2.33. The van der Waals surface area contributed by atoms with E-state index in [0.717, 1.165) is 25.7 Å². The lowest BCUT2D eigenvalue weighted by atomic mass is 9.87. The molecular weight excluding hydrogens is 280 g/mol. The van der Waals surface area contributed by atoms with Crippen LogP contribution in [0.4, 0.5) is 0 Å². The molecule has 1 aliphatic rings. The van der Waals surface area contributed by atoms with Crippen LogP contribution in [0.3, 0.4) is 0 Å². The zero-order chi connectivity index (χ0) is 17.0. The summed E-state index contributed by atoms with van der Waals surface area (Å²) >= 11 is 0. The van der Waals surface area contributed by atoms with Gasteiger partial charge in [0.1, 0.15) is 6.10 Å². The first-order chi connectivity index (χ1) is 10.0. The molecule has 1 saturated carbocycles. The standard InChI is InChI=1S/C18H32O4/c1-13(21-15(19)17(2,3)4)11-12-18(5,6)16(20)22-14-9-7-8-10-14/h13-14H,7-12H2,1-6H3. The Labute approximate surface area is 134 Å². The van der Waals surface area contributed by atoms with E-state index in [1.807, 2.05) is 41.5 Å². The minimum Gasteiger partial charge on any atom is -0.462 e. The first-order valence-electron chi connectivity index (χ1n) is 8.44. The van der Waals surface area contributed by atoms with Gasteiger partial charge in [0.15, 0.2) is 0 Å². The molecule has 0 aromatic heterocycles. The average Bonchev–Trinajstić information content (AvgIpc) is 2.88. The van der Waals surface area contributed by atoms with Crippen molar-refractivity contribution < 1.29 is 19.1 Å². The van der Waals surface area contributed by atoms with E-state index in [9.17, 15) is 9.59 Å². The summed E-state index contributed by atoms with van der Waals surface area (Å²) in [5, 5.41) is 0. The average molecular weight is 312 g/mol. The number of rotatable bonds is 6. The molecule has 0 aromatic rings. The number of hydrogen-bond donors (Lipinski definition) is 0. The Bertz CT molecular complexity index is 386. The van der Waals surface area contributed by atoms with Gasteiger partial charge in [0.25, 0.3) is 0 Å². The van der Waals surface area contributed by atoms with Crippen LogP contribution in [0.1, 0.15) is 80.1 Å². The van der Waals surface area contributed by atoms with E-state index in [0.29, 0.717) is 12.8 Å². The van der Waals surface area contributed by atoms with E-state index in [2.05, 4.69) is 0 Å². The summed E-state index contributed by atoms with van der Waals surface area (Å²) < 4.78 is 11.0. The molecule has 4 heteroatoms. The van der Waals surface area contributed by atoms with Crippen molar-refractivity contribution >= 4 is 11.9 Å². The highest BCUT2D eigenvalue weighted by Crippen LogP contribution is 2.30. The molecule has 1 aliphatic carbocycles. The molecule has 0 bridgehead atoms. The Hall–Kier alpha value is -1.06. The molecule has 1 rings (SSSR count). The summed E-state index contributed by atoms with van der Waals surface area (Å²) in [5.41, 5.74) is -1.03. The number of esters is 2. The van der Waals surface area contributed by atoms with Crippen LogP contribution in [-0.2, 0) is 19.1 Å². The second kappa shape index (κ2) is 7.47. The van der Waals surface area contributed by atoms with Crippen LogP contribution in [0.2, 0.25) is 0 Å². The molecule has 0 N–H and O–H groups in total. The molecule has 128 valence electrons. The fourth-order valence-electron chi connectivity index (χ4n) is 2.40. The molecule has 0 saturated heterocycles. The van der Waals surface area contributed by atoms with Crippen LogP contribution in [0.15, 0.2) is 0 Å². The number of hydrogen-bond acceptors (Lipinski definition) is 4. The first kappa shape index (κ1) is 19.0. The summed E-state index contributed by atoms with van der Waals surface area (Å²) in [7, 11) is 0. The third-order valence-corrected chi connectivity index (χ3v) is 4.22. The van der Waals surface area contributed by atoms with Gasteiger partial charge in [0, 0.05) is 0 Å². The number of carbonyl (C=O) groups is 2. The van der Waals surface area contributed by atoms with Crippen molar-refractivity contribution in [2.45, 2.75) is 92.3 Å². The van der Waals surface area contributed by atoms with Crippen molar-refractivity contribution in [3.05, 3.63) is 0 Å². The van der Waals surface area contributed by atoms with Crippen LogP contribution >= 0.6 is 0 Å². The summed E-state index contributed by atoms with van der Waals surface area (Å²) in [6, 6.07) is 0. The second-order valence-electron chi connectivity index (χ2n) is 8.20. The Balaban J connectivity index is 2.40. The molecule has 1 fully saturated rings. The van der Waals surface area contributed by atoms with E-state index in [-0.39, 0.29) is 24.1 Å². The quantitative estimate of drug-likeness (QED) is 0.688. The van der Waals surface area contributed by atoms with Crippen molar-refractivity contribution in [2.75, 3.05) is 0 Å². The molecule has 4 nitrogen and oxygen atoms in total. The Morgan fingerprint density at radius 2 is 1.59 bits per heavy atom. The van der Waals surface area contributed by atoms with Gasteiger partial charge >= 0.3 is 11.9 Å². The maximum absolute atomic E-state index is 12.3. The molecule has 0 amide bonds. The lowest BCUT2D eigenvalue weighted by Gasteiger charge is -2.27. The van der Waals surface area contributed by atoms with E-state index < -0.39 is 10.8 Å². The largest absolute Gasteiger partial charge is 0.462 e. The van der Waals surface area contributed by atoms with Crippen LogP contribution in [-0.4, -0.2) is 24.1 Å². The van der Waals surface area contributed by atoms with Gasteiger partial charge in [0.2, 0.25) is 0 Å². The number of ether oxygens (including phenoxy) is 2. The highest BCUT2D eigenvalue weighted by molar-refractivity contribution is 5.76. The molecule has 0 heterocycles. The Kier molecular flexibility index (Phi) is 6.45. The van der Waals surface area contributed by atoms with E-state index in [4.69, 9.17) is 9.47 Å². The summed E-state index contributed by atoms with van der Waals surface area (Å²) in [6.07, 6.45) is 5.50. The van der Waals surface area contributed by atoms with E-state index in [1.165, 1.54) is 0 Å². The molecule has 0 radical (unpaired) electrons. The molecule has 0 aromatic carbocycles. The van der Waals surface area contributed by atoms with Gasteiger partial charge in [-0.15, -0.1) is 0 Å². The molecule has 22 heavy (non-hydrogen) atoms. The maximum atomic E-state index is 12.3. The zero-order valence-electron chi connectivity index (χ0n) is 15.0. The van der Waals surface area contributed by atoms with Gasteiger partial charge in [-0.25, -0.2) is 0 Å². The molecule has 0 spiro atoms. The smallest absolute Gasteiger partial charge is 0.311 e. The van der Waals surface area contributed by atoms with Crippen LogP contribution in [0.25, 0.3) is 0 Å².